The summed E-state index contributed by atoms with van der Waals surface area (Å²) in [6, 6.07) is 7.31. The van der Waals surface area contributed by atoms with E-state index in [1.54, 1.807) is 0 Å². The number of carbonyl (C=O) groups is 3. The first-order valence-electron chi connectivity index (χ1n) is 7.82. The van der Waals surface area contributed by atoms with Gasteiger partial charge in [-0.2, -0.15) is 0 Å². The van der Waals surface area contributed by atoms with Crippen molar-refractivity contribution >= 4 is 17.8 Å². The van der Waals surface area contributed by atoms with Crippen molar-refractivity contribution in [3.05, 3.63) is 35.9 Å². The van der Waals surface area contributed by atoms with Gasteiger partial charge in [-0.25, -0.2) is 4.79 Å². The van der Waals surface area contributed by atoms with Crippen LogP contribution >= 0.6 is 0 Å². The van der Waals surface area contributed by atoms with Crippen LogP contribution in [-0.2, 0) is 20.8 Å². The third-order valence-electron chi connectivity index (χ3n) is 3.42. The Labute approximate surface area is 141 Å². The van der Waals surface area contributed by atoms with Gasteiger partial charge in [0, 0.05) is 0 Å². The Hall–Kier alpha value is -2.41. The Morgan fingerprint density at radius 3 is 2.17 bits per heavy atom. The van der Waals surface area contributed by atoms with Crippen molar-refractivity contribution in [1.82, 2.24) is 10.6 Å². The minimum absolute atomic E-state index is 0.103. The molecule has 4 N–H and O–H groups in total. The Morgan fingerprint density at radius 2 is 1.67 bits per heavy atom. The fourth-order valence-corrected chi connectivity index (χ4v) is 2.28. The van der Waals surface area contributed by atoms with E-state index in [1.165, 1.54) is 0 Å². The fourth-order valence-electron chi connectivity index (χ4n) is 2.28. The number of amides is 1. The molecule has 0 unspecified atom stereocenters. The predicted molar refractivity (Wildman–Crippen MR) is 88.6 cm³/mol. The average Bonchev–Trinajstić information content (AvgIpc) is 2.50. The molecule has 0 spiro atoms. The standard InChI is InChI=1S/C17H24N2O5/c1-11(2)8-14(17(23)24)19-16(22)13(18-10-15(20)21)9-12-6-4-3-5-7-12/h3-7,11,13-14,18H,8-10H2,1-2H3,(H,19,22)(H,20,21)(H,23,24)/t13-,14+/m0/s1. The van der Waals surface area contributed by atoms with Gasteiger partial charge in [-0.05, 0) is 24.3 Å². The Kier molecular flexibility index (Phi) is 7.91. The van der Waals surface area contributed by atoms with E-state index in [2.05, 4.69) is 10.6 Å². The van der Waals surface area contributed by atoms with E-state index in [1.807, 2.05) is 44.2 Å². The highest BCUT2D eigenvalue weighted by molar-refractivity contribution is 5.87. The lowest BCUT2D eigenvalue weighted by Crippen LogP contribution is -2.52. The summed E-state index contributed by atoms with van der Waals surface area (Å²) in [5.41, 5.74) is 0.853. The van der Waals surface area contributed by atoms with Gasteiger partial charge in [0.1, 0.15) is 6.04 Å². The van der Waals surface area contributed by atoms with Crippen LogP contribution in [0, 0.1) is 5.92 Å². The molecule has 0 aliphatic rings. The molecule has 1 aromatic carbocycles. The van der Waals surface area contributed by atoms with Crippen molar-refractivity contribution in [2.24, 2.45) is 5.92 Å². The third-order valence-corrected chi connectivity index (χ3v) is 3.42. The average molecular weight is 336 g/mol. The van der Waals surface area contributed by atoms with Crippen LogP contribution in [0.3, 0.4) is 0 Å². The molecule has 1 amide bonds. The quantitative estimate of drug-likeness (QED) is 0.504. The van der Waals surface area contributed by atoms with Crippen LogP contribution in [0.1, 0.15) is 25.8 Å². The Morgan fingerprint density at radius 1 is 1.04 bits per heavy atom. The van der Waals surface area contributed by atoms with E-state index in [-0.39, 0.29) is 18.9 Å². The van der Waals surface area contributed by atoms with Gasteiger partial charge in [-0.3, -0.25) is 14.9 Å². The largest absolute Gasteiger partial charge is 0.480 e. The minimum Gasteiger partial charge on any atom is -0.480 e. The van der Waals surface area contributed by atoms with Gasteiger partial charge in [0.15, 0.2) is 0 Å². The number of benzene rings is 1. The second kappa shape index (κ2) is 9.67. The highest BCUT2D eigenvalue weighted by Gasteiger charge is 2.26. The van der Waals surface area contributed by atoms with Crippen LogP contribution in [0.25, 0.3) is 0 Å². The lowest BCUT2D eigenvalue weighted by Gasteiger charge is -2.22. The van der Waals surface area contributed by atoms with Gasteiger partial charge in [-0.15, -0.1) is 0 Å². The highest BCUT2D eigenvalue weighted by atomic mass is 16.4. The van der Waals surface area contributed by atoms with E-state index in [4.69, 9.17) is 5.11 Å². The number of rotatable bonds is 10. The van der Waals surface area contributed by atoms with Crippen LogP contribution < -0.4 is 10.6 Å². The van der Waals surface area contributed by atoms with Crippen molar-refractivity contribution in [3.63, 3.8) is 0 Å². The van der Waals surface area contributed by atoms with Crippen molar-refractivity contribution in [2.45, 2.75) is 38.8 Å². The lowest BCUT2D eigenvalue weighted by atomic mass is 10.0. The number of carbonyl (C=O) groups excluding carboxylic acids is 1. The summed E-state index contributed by atoms with van der Waals surface area (Å²) in [6.45, 7) is 3.35. The molecule has 0 radical (unpaired) electrons. The molecule has 1 rings (SSSR count). The van der Waals surface area contributed by atoms with Crippen molar-refractivity contribution in [3.8, 4) is 0 Å². The molecule has 1 aromatic rings. The molecule has 0 bridgehead atoms. The monoisotopic (exact) mass is 336 g/mol. The first-order chi connectivity index (χ1) is 11.3. The second-order valence-corrected chi connectivity index (χ2v) is 6.05. The van der Waals surface area contributed by atoms with Gasteiger partial charge in [0.05, 0.1) is 12.6 Å². The van der Waals surface area contributed by atoms with Crippen molar-refractivity contribution in [1.29, 1.82) is 0 Å². The zero-order valence-corrected chi connectivity index (χ0v) is 13.9. The summed E-state index contributed by atoms with van der Waals surface area (Å²) >= 11 is 0. The summed E-state index contributed by atoms with van der Waals surface area (Å²) in [5.74, 6) is -2.61. The second-order valence-electron chi connectivity index (χ2n) is 6.05. The smallest absolute Gasteiger partial charge is 0.326 e. The number of nitrogens with one attached hydrogen (secondary N) is 2. The maximum absolute atomic E-state index is 12.4. The molecule has 0 saturated heterocycles. The summed E-state index contributed by atoms with van der Waals surface area (Å²) in [6.07, 6.45) is 0.575. The molecular weight excluding hydrogens is 312 g/mol. The van der Waals surface area contributed by atoms with Crippen LogP contribution in [0.2, 0.25) is 0 Å². The van der Waals surface area contributed by atoms with Crippen LogP contribution in [0.5, 0.6) is 0 Å². The van der Waals surface area contributed by atoms with Crippen LogP contribution in [0.4, 0.5) is 0 Å². The van der Waals surface area contributed by atoms with E-state index in [9.17, 15) is 19.5 Å². The summed E-state index contributed by atoms with van der Waals surface area (Å²) in [5, 5.41) is 23.2. The van der Waals surface area contributed by atoms with Gasteiger partial charge in [0.25, 0.3) is 0 Å². The van der Waals surface area contributed by atoms with Gasteiger partial charge >= 0.3 is 11.9 Å². The maximum Gasteiger partial charge on any atom is 0.326 e. The molecule has 0 saturated carbocycles. The molecule has 132 valence electrons. The van der Waals surface area contributed by atoms with Crippen molar-refractivity contribution < 1.29 is 24.6 Å². The third kappa shape index (κ3) is 7.23. The number of hydrogen-bond donors (Lipinski definition) is 4. The topological polar surface area (TPSA) is 116 Å². The zero-order chi connectivity index (χ0) is 18.1. The fraction of sp³-hybridized carbons (Fsp3) is 0.471. The first-order valence-corrected chi connectivity index (χ1v) is 7.82. The first kappa shape index (κ1) is 19.6. The summed E-state index contributed by atoms with van der Waals surface area (Å²) < 4.78 is 0. The highest BCUT2D eigenvalue weighted by Crippen LogP contribution is 2.07. The van der Waals surface area contributed by atoms with E-state index < -0.39 is 29.9 Å². The lowest BCUT2D eigenvalue weighted by molar-refractivity contribution is -0.143. The maximum atomic E-state index is 12.4. The number of aliphatic carboxylic acids is 2. The molecule has 7 nitrogen and oxygen atoms in total. The zero-order valence-electron chi connectivity index (χ0n) is 13.9. The predicted octanol–water partition coefficient (Wildman–Crippen LogP) is 0.887. The number of carboxylic acids is 2. The SMILES string of the molecule is CC(C)C[C@@H](NC(=O)[C@H](Cc1ccccc1)NCC(=O)O)C(=O)O. The Bertz CT molecular complexity index is 559. The van der Waals surface area contributed by atoms with Gasteiger partial charge in [0.2, 0.25) is 5.91 Å². The molecular formula is C17H24N2O5. The summed E-state index contributed by atoms with van der Waals surface area (Å²) in [4.78, 5) is 34.5. The molecule has 24 heavy (non-hydrogen) atoms. The Balaban J connectivity index is 2.81. The van der Waals surface area contributed by atoms with E-state index in [0.717, 1.165) is 5.56 Å². The number of carboxylic acid groups (broad SMARTS) is 2. The van der Waals surface area contributed by atoms with Crippen molar-refractivity contribution in [2.75, 3.05) is 6.54 Å². The molecule has 0 aromatic heterocycles. The molecule has 0 aliphatic carbocycles. The molecule has 7 heteroatoms. The van der Waals surface area contributed by atoms with Crippen LogP contribution in [-0.4, -0.2) is 46.7 Å². The molecule has 2 atom stereocenters. The van der Waals surface area contributed by atoms with Gasteiger partial charge in [-0.1, -0.05) is 44.2 Å². The molecule has 0 heterocycles. The number of hydrogen-bond acceptors (Lipinski definition) is 4. The molecule has 0 fully saturated rings. The van der Waals surface area contributed by atoms with E-state index >= 15 is 0 Å². The summed E-state index contributed by atoms with van der Waals surface area (Å²) in [7, 11) is 0. The molecule has 0 aliphatic heterocycles. The van der Waals surface area contributed by atoms with Crippen LogP contribution in [0.15, 0.2) is 30.3 Å². The van der Waals surface area contributed by atoms with Gasteiger partial charge < -0.3 is 15.5 Å². The normalized spacial score (nSPS) is 13.3. The minimum atomic E-state index is -1.10. The van der Waals surface area contributed by atoms with E-state index in [0.29, 0.717) is 6.42 Å².